The number of amides is 2. The summed E-state index contributed by atoms with van der Waals surface area (Å²) in [5.74, 6) is -0.276. The molecule has 0 bridgehead atoms. The summed E-state index contributed by atoms with van der Waals surface area (Å²) in [6.07, 6.45) is 0. The zero-order valence-corrected chi connectivity index (χ0v) is 16.3. The number of nitrogens with zero attached hydrogens (tertiary/aromatic N) is 1. The molecular formula is C22H28N2O2. The first-order valence-corrected chi connectivity index (χ1v) is 9.07. The van der Waals surface area contributed by atoms with Crippen LogP contribution in [0.15, 0.2) is 48.5 Å². The van der Waals surface area contributed by atoms with E-state index in [9.17, 15) is 9.59 Å². The van der Waals surface area contributed by atoms with E-state index >= 15 is 0 Å². The van der Waals surface area contributed by atoms with Crippen LogP contribution in [0.5, 0.6) is 0 Å². The first-order valence-electron chi connectivity index (χ1n) is 9.07. The molecule has 0 aliphatic heterocycles. The van der Waals surface area contributed by atoms with Crippen molar-refractivity contribution in [3.05, 3.63) is 65.2 Å². The summed E-state index contributed by atoms with van der Waals surface area (Å²) in [6, 6.07) is 14.7. The fraction of sp³-hybridized carbons (Fsp3) is 0.364. The lowest BCUT2D eigenvalue weighted by molar-refractivity contribution is 0.0773. The summed E-state index contributed by atoms with van der Waals surface area (Å²) >= 11 is 0. The van der Waals surface area contributed by atoms with Crippen LogP contribution in [0.1, 0.15) is 60.9 Å². The lowest BCUT2D eigenvalue weighted by atomic mass is 9.87. The quantitative estimate of drug-likeness (QED) is 0.846. The van der Waals surface area contributed by atoms with Gasteiger partial charge in [-0.05, 0) is 55.2 Å². The molecule has 0 aliphatic carbocycles. The van der Waals surface area contributed by atoms with Crippen molar-refractivity contribution in [2.75, 3.05) is 18.4 Å². The highest BCUT2D eigenvalue weighted by atomic mass is 16.2. The predicted molar refractivity (Wildman–Crippen MR) is 107 cm³/mol. The van der Waals surface area contributed by atoms with E-state index in [1.807, 2.05) is 38.1 Å². The largest absolute Gasteiger partial charge is 0.339 e. The van der Waals surface area contributed by atoms with Crippen molar-refractivity contribution in [1.82, 2.24) is 4.90 Å². The zero-order chi connectivity index (χ0) is 19.3. The van der Waals surface area contributed by atoms with Crippen molar-refractivity contribution in [1.29, 1.82) is 0 Å². The molecule has 4 nitrogen and oxygen atoms in total. The number of hydrogen-bond acceptors (Lipinski definition) is 2. The third kappa shape index (κ3) is 4.72. The molecule has 0 radical (unpaired) electrons. The van der Waals surface area contributed by atoms with Crippen molar-refractivity contribution >= 4 is 17.5 Å². The average molecular weight is 352 g/mol. The van der Waals surface area contributed by atoms with Crippen LogP contribution in [0.4, 0.5) is 5.69 Å². The molecule has 4 heteroatoms. The first-order chi connectivity index (χ1) is 12.3. The molecule has 0 saturated heterocycles. The van der Waals surface area contributed by atoms with Crippen LogP contribution in [-0.4, -0.2) is 29.8 Å². The zero-order valence-electron chi connectivity index (χ0n) is 16.3. The minimum Gasteiger partial charge on any atom is -0.339 e. The van der Waals surface area contributed by atoms with Gasteiger partial charge in [0, 0.05) is 29.9 Å². The van der Waals surface area contributed by atoms with Gasteiger partial charge in [-0.3, -0.25) is 9.59 Å². The summed E-state index contributed by atoms with van der Waals surface area (Å²) in [5, 5.41) is 2.90. The predicted octanol–water partition coefficient (Wildman–Crippen LogP) is 4.72. The third-order valence-electron chi connectivity index (χ3n) is 4.43. The molecule has 138 valence electrons. The van der Waals surface area contributed by atoms with E-state index in [1.54, 1.807) is 29.2 Å². The lowest BCUT2D eigenvalue weighted by Gasteiger charge is -2.19. The van der Waals surface area contributed by atoms with Crippen molar-refractivity contribution in [3.63, 3.8) is 0 Å². The van der Waals surface area contributed by atoms with Crippen molar-refractivity contribution < 1.29 is 9.59 Å². The van der Waals surface area contributed by atoms with Crippen LogP contribution in [0, 0.1) is 0 Å². The van der Waals surface area contributed by atoms with Gasteiger partial charge in [0.1, 0.15) is 0 Å². The minimum atomic E-state index is -0.220. The van der Waals surface area contributed by atoms with Crippen LogP contribution in [0.25, 0.3) is 0 Å². The van der Waals surface area contributed by atoms with E-state index in [-0.39, 0.29) is 17.2 Å². The van der Waals surface area contributed by atoms with Crippen molar-refractivity contribution in [3.8, 4) is 0 Å². The second kappa shape index (κ2) is 8.17. The van der Waals surface area contributed by atoms with Gasteiger partial charge in [0.2, 0.25) is 0 Å². The Morgan fingerprint density at radius 3 is 2.04 bits per heavy atom. The molecule has 2 aromatic carbocycles. The number of carbonyl (C=O) groups excluding carboxylic acids is 2. The van der Waals surface area contributed by atoms with Gasteiger partial charge in [0.25, 0.3) is 11.8 Å². The number of anilines is 1. The minimum absolute atomic E-state index is 0.0563. The van der Waals surface area contributed by atoms with E-state index in [2.05, 4.69) is 26.1 Å². The molecule has 0 saturated carbocycles. The van der Waals surface area contributed by atoms with Gasteiger partial charge < -0.3 is 10.2 Å². The van der Waals surface area contributed by atoms with Gasteiger partial charge in [0.05, 0.1) is 0 Å². The molecule has 2 amide bonds. The SMILES string of the molecule is CCN(CC)C(=O)c1cccc(C(=O)Nc2ccc(C(C)(C)C)cc2)c1. The Morgan fingerprint density at radius 1 is 0.923 bits per heavy atom. The first kappa shape index (κ1) is 19.7. The van der Waals surface area contributed by atoms with E-state index in [0.717, 1.165) is 5.69 Å². The number of rotatable bonds is 5. The topological polar surface area (TPSA) is 49.4 Å². The second-order valence-corrected chi connectivity index (χ2v) is 7.34. The molecule has 0 fully saturated rings. The van der Waals surface area contributed by atoms with Gasteiger partial charge in [0.15, 0.2) is 0 Å². The molecule has 0 aliphatic rings. The molecule has 1 N–H and O–H groups in total. The van der Waals surface area contributed by atoms with Gasteiger partial charge in [-0.25, -0.2) is 0 Å². The monoisotopic (exact) mass is 352 g/mol. The molecule has 0 atom stereocenters. The summed E-state index contributed by atoms with van der Waals surface area (Å²) < 4.78 is 0. The Balaban J connectivity index is 2.15. The van der Waals surface area contributed by atoms with E-state index in [1.165, 1.54) is 5.56 Å². The summed E-state index contributed by atoms with van der Waals surface area (Å²) in [5.41, 5.74) is 3.03. The smallest absolute Gasteiger partial charge is 0.255 e. The molecular weight excluding hydrogens is 324 g/mol. The van der Waals surface area contributed by atoms with Crippen LogP contribution in [0.2, 0.25) is 0 Å². The molecule has 26 heavy (non-hydrogen) atoms. The normalized spacial score (nSPS) is 11.1. The van der Waals surface area contributed by atoms with E-state index < -0.39 is 0 Å². The van der Waals surface area contributed by atoms with E-state index in [4.69, 9.17) is 0 Å². The molecule has 0 spiro atoms. The molecule has 2 rings (SSSR count). The Hall–Kier alpha value is -2.62. The summed E-state index contributed by atoms with van der Waals surface area (Å²) in [4.78, 5) is 26.7. The molecule has 0 heterocycles. The maximum atomic E-state index is 12.5. The number of nitrogens with one attached hydrogen (secondary N) is 1. The number of benzene rings is 2. The third-order valence-corrected chi connectivity index (χ3v) is 4.43. The molecule has 0 unspecified atom stereocenters. The Bertz CT molecular complexity index is 769. The van der Waals surface area contributed by atoms with Gasteiger partial charge in [-0.1, -0.05) is 39.0 Å². The van der Waals surface area contributed by atoms with Crippen molar-refractivity contribution in [2.45, 2.75) is 40.0 Å². The Morgan fingerprint density at radius 2 is 1.50 bits per heavy atom. The Labute approximate surface area is 156 Å². The molecule has 2 aromatic rings. The van der Waals surface area contributed by atoms with Crippen LogP contribution >= 0.6 is 0 Å². The Kier molecular flexibility index (Phi) is 6.19. The second-order valence-electron chi connectivity index (χ2n) is 7.34. The highest BCUT2D eigenvalue weighted by Gasteiger charge is 2.16. The van der Waals surface area contributed by atoms with Gasteiger partial charge in [-0.2, -0.15) is 0 Å². The van der Waals surface area contributed by atoms with E-state index in [0.29, 0.717) is 24.2 Å². The van der Waals surface area contributed by atoms with Gasteiger partial charge in [-0.15, -0.1) is 0 Å². The van der Waals surface area contributed by atoms with Crippen LogP contribution in [-0.2, 0) is 5.41 Å². The number of carbonyl (C=O) groups is 2. The van der Waals surface area contributed by atoms with Crippen molar-refractivity contribution in [2.24, 2.45) is 0 Å². The standard InChI is InChI=1S/C22H28N2O2/c1-6-24(7-2)21(26)17-10-8-9-16(15-17)20(25)23-19-13-11-18(12-14-19)22(3,4)5/h8-15H,6-7H2,1-5H3,(H,23,25). The maximum absolute atomic E-state index is 12.5. The van der Waals surface area contributed by atoms with Gasteiger partial charge >= 0.3 is 0 Å². The number of hydrogen-bond donors (Lipinski definition) is 1. The molecule has 0 aromatic heterocycles. The fourth-order valence-electron chi connectivity index (χ4n) is 2.74. The highest BCUT2D eigenvalue weighted by Crippen LogP contribution is 2.23. The fourth-order valence-corrected chi connectivity index (χ4v) is 2.74. The lowest BCUT2D eigenvalue weighted by Crippen LogP contribution is -2.30. The van der Waals surface area contributed by atoms with Crippen LogP contribution < -0.4 is 5.32 Å². The highest BCUT2D eigenvalue weighted by molar-refractivity contribution is 6.06. The summed E-state index contributed by atoms with van der Waals surface area (Å²) in [7, 11) is 0. The maximum Gasteiger partial charge on any atom is 0.255 e. The van der Waals surface area contributed by atoms with Crippen LogP contribution in [0.3, 0.4) is 0 Å². The average Bonchev–Trinajstić information content (AvgIpc) is 2.62. The summed E-state index contributed by atoms with van der Waals surface area (Å²) in [6.45, 7) is 11.6.